The molecule has 0 aromatic rings. The van der Waals surface area contributed by atoms with Gasteiger partial charge in [-0.15, -0.1) is 0 Å². The fourth-order valence-corrected chi connectivity index (χ4v) is 4.30. The normalized spacial score (nSPS) is 28.1. The molecule has 0 spiro atoms. The molecule has 3 saturated heterocycles. The van der Waals surface area contributed by atoms with Gasteiger partial charge in [0.1, 0.15) is 0 Å². The lowest BCUT2D eigenvalue weighted by molar-refractivity contribution is -0.141. The van der Waals surface area contributed by atoms with Crippen molar-refractivity contribution in [3.63, 3.8) is 0 Å². The second-order valence-electron chi connectivity index (χ2n) is 7.66. The van der Waals surface area contributed by atoms with E-state index in [0.29, 0.717) is 39.0 Å². The summed E-state index contributed by atoms with van der Waals surface area (Å²) in [6.07, 6.45) is 5.36. The largest absolute Gasteiger partial charge is 0.388 e. The van der Waals surface area contributed by atoms with E-state index in [9.17, 15) is 14.7 Å². The SMILES string of the molecule is NC(=O)N1CCCC(C(=O)N2CCC(O)(CN3CCCC3)CC2)C1. The minimum absolute atomic E-state index is 0.115. The maximum Gasteiger partial charge on any atom is 0.314 e. The first-order valence-corrected chi connectivity index (χ1v) is 9.25. The van der Waals surface area contributed by atoms with E-state index in [4.69, 9.17) is 5.73 Å². The highest BCUT2D eigenvalue weighted by Crippen LogP contribution is 2.27. The van der Waals surface area contributed by atoms with Gasteiger partial charge >= 0.3 is 6.03 Å². The van der Waals surface area contributed by atoms with Gasteiger partial charge < -0.3 is 25.5 Å². The molecule has 0 radical (unpaired) electrons. The first kappa shape index (κ1) is 17.5. The lowest BCUT2D eigenvalue weighted by atomic mass is 9.89. The summed E-state index contributed by atoms with van der Waals surface area (Å²) in [5, 5.41) is 10.8. The van der Waals surface area contributed by atoms with Crippen molar-refractivity contribution < 1.29 is 14.7 Å². The van der Waals surface area contributed by atoms with E-state index in [1.54, 1.807) is 4.90 Å². The van der Waals surface area contributed by atoms with E-state index in [1.165, 1.54) is 12.8 Å². The van der Waals surface area contributed by atoms with Gasteiger partial charge in [-0.25, -0.2) is 4.79 Å². The van der Waals surface area contributed by atoms with Crippen LogP contribution in [0.3, 0.4) is 0 Å². The third-order valence-electron chi connectivity index (χ3n) is 5.80. The second-order valence-corrected chi connectivity index (χ2v) is 7.66. The molecule has 0 saturated carbocycles. The minimum Gasteiger partial charge on any atom is -0.388 e. The summed E-state index contributed by atoms with van der Waals surface area (Å²) in [5.74, 6) is -0.0276. The molecule has 0 aliphatic carbocycles. The van der Waals surface area contributed by atoms with Crippen LogP contribution >= 0.6 is 0 Å². The average Bonchev–Trinajstić information content (AvgIpc) is 3.07. The molecule has 136 valence electrons. The molecular formula is C17H30N4O3. The summed E-state index contributed by atoms with van der Waals surface area (Å²) < 4.78 is 0. The molecule has 3 N–H and O–H groups in total. The van der Waals surface area contributed by atoms with Crippen molar-refractivity contribution in [1.82, 2.24) is 14.7 Å². The molecule has 1 unspecified atom stereocenters. The minimum atomic E-state index is -0.660. The van der Waals surface area contributed by atoms with Crippen LogP contribution in [0.25, 0.3) is 0 Å². The second kappa shape index (κ2) is 7.27. The van der Waals surface area contributed by atoms with E-state index < -0.39 is 11.6 Å². The predicted octanol–water partition coefficient (Wildman–Crippen LogP) is 0.226. The van der Waals surface area contributed by atoms with E-state index in [0.717, 1.165) is 32.5 Å². The van der Waals surface area contributed by atoms with Crippen molar-refractivity contribution >= 4 is 11.9 Å². The number of hydrogen-bond acceptors (Lipinski definition) is 4. The van der Waals surface area contributed by atoms with Gasteiger partial charge in [0.05, 0.1) is 11.5 Å². The molecule has 0 aromatic carbocycles. The highest BCUT2D eigenvalue weighted by Gasteiger charge is 2.38. The monoisotopic (exact) mass is 338 g/mol. The Morgan fingerprint density at radius 2 is 1.67 bits per heavy atom. The van der Waals surface area contributed by atoms with Crippen LogP contribution in [0.5, 0.6) is 0 Å². The van der Waals surface area contributed by atoms with Crippen molar-refractivity contribution in [2.24, 2.45) is 11.7 Å². The number of hydrogen-bond donors (Lipinski definition) is 2. The van der Waals surface area contributed by atoms with Crippen molar-refractivity contribution in [1.29, 1.82) is 0 Å². The van der Waals surface area contributed by atoms with Gasteiger partial charge in [0.15, 0.2) is 0 Å². The third kappa shape index (κ3) is 4.00. The zero-order chi connectivity index (χ0) is 17.2. The molecule has 0 aromatic heterocycles. The smallest absolute Gasteiger partial charge is 0.314 e. The summed E-state index contributed by atoms with van der Waals surface area (Å²) in [4.78, 5) is 29.8. The van der Waals surface area contributed by atoms with Crippen molar-refractivity contribution in [2.75, 3.05) is 45.8 Å². The Balaban J connectivity index is 1.50. The third-order valence-corrected chi connectivity index (χ3v) is 5.80. The molecule has 0 bridgehead atoms. The van der Waals surface area contributed by atoms with E-state index in [2.05, 4.69) is 4.90 Å². The first-order chi connectivity index (χ1) is 11.5. The zero-order valence-corrected chi connectivity index (χ0v) is 14.5. The van der Waals surface area contributed by atoms with Crippen molar-refractivity contribution in [3.8, 4) is 0 Å². The number of nitrogens with two attached hydrogens (primary N) is 1. The molecule has 7 heteroatoms. The Morgan fingerprint density at radius 3 is 2.29 bits per heavy atom. The van der Waals surface area contributed by atoms with Gasteiger partial charge in [0.2, 0.25) is 5.91 Å². The number of piperidine rings is 2. The van der Waals surface area contributed by atoms with Crippen LogP contribution in [-0.4, -0.2) is 83.2 Å². The van der Waals surface area contributed by atoms with Gasteiger partial charge in [0.25, 0.3) is 0 Å². The number of carbonyl (C=O) groups is 2. The quantitative estimate of drug-likeness (QED) is 0.771. The Hall–Kier alpha value is -1.34. The number of urea groups is 1. The van der Waals surface area contributed by atoms with E-state index in [1.807, 2.05) is 4.90 Å². The molecule has 1 atom stereocenters. The van der Waals surface area contributed by atoms with Crippen LogP contribution < -0.4 is 5.73 Å². The Morgan fingerprint density at radius 1 is 1.00 bits per heavy atom. The van der Waals surface area contributed by atoms with Crippen LogP contribution in [-0.2, 0) is 4.79 Å². The fourth-order valence-electron chi connectivity index (χ4n) is 4.30. The maximum atomic E-state index is 12.7. The highest BCUT2D eigenvalue weighted by atomic mass is 16.3. The number of β-amino-alcohol motifs (C(OH)–C–C–N with tert-alkyl or cyclic N) is 1. The summed E-state index contributed by atoms with van der Waals surface area (Å²) in [5.41, 5.74) is 4.69. The van der Waals surface area contributed by atoms with E-state index >= 15 is 0 Å². The highest BCUT2D eigenvalue weighted by molar-refractivity contribution is 5.80. The Labute approximate surface area is 143 Å². The van der Waals surface area contributed by atoms with Crippen LogP contribution in [0.4, 0.5) is 4.79 Å². The molecule has 3 aliphatic rings. The lowest BCUT2D eigenvalue weighted by Gasteiger charge is -2.42. The number of primary amides is 1. The Kier molecular flexibility index (Phi) is 5.30. The first-order valence-electron chi connectivity index (χ1n) is 9.25. The fraction of sp³-hybridized carbons (Fsp3) is 0.882. The summed E-state index contributed by atoms with van der Waals surface area (Å²) in [6, 6.07) is -0.439. The van der Waals surface area contributed by atoms with Gasteiger partial charge in [-0.2, -0.15) is 0 Å². The number of nitrogens with zero attached hydrogens (tertiary/aromatic N) is 3. The molecule has 7 nitrogen and oxygen atoms in total. The van der Waals surface area contributed by atoms with Crippen LogP contribution in [0.15, 0.2) is 0 Å². The molecular weight excluding hydrogens is 308 g/mol. The molecule has 3 amide bonds. The van der Waals surface area contributed by atoms with Crippen LogP contribution in [0.1, 0.15) is 38.5 Å². The predicted molar refractivity (Wildman–Crippen MR) is 90.3 cm³/mol. The summed E-state index contributed by atoms with van der Waals surface area (Å²) in [6.45, 7) is 5.18. The number of rotatable bonds is 3. The molecule has 3 aliphatic heterocycles. The van der Waals surface area contributed by atoms with Crippen molar-refractivity contribution in [2.45, 2.75) is 44.1 Å². The standard InChI is InChI=1S/C17H30N4O3/c18-16(23)21-9-3-4-14(12-21)15(22)20-10-5-17(24,6-11-20)13-19-7-1-2-8-19/h14,24H,1-13H2,(H2,18,23). The molecule has 3 rings (SSSR count). The van der Waals surface area contributed by atoms with E-state index in [-0.39, 0.29) is 11.8 Å². The number of likely N-dealkylation sites (tertiary alicyclic amines) is 3. The molecule has 3 fully saturated rings. The van der Waals surface area contributed by atoms with Gasteiger partial charge in [0, 0.05) is 32.7 Å². The van der Waals surface area contributed by atoms with Gasteiger partial charge in [-0.1, -0.05) is 0 Å². The molecule has 3 heterocycles. The Bertz CT molecular complexity index is 470. The average molecular weight is 338 g/mol. The van der Waals surface area contributed by atoms with Crippen molar-refractivity contribution in [3.05, 3.63) is 0 Å². The lowest BCUT2D eigenvalue weighted by Crippen LogP contribution is -2.54. The van der Waals surface area contributed by atoms with Gasteiger partial charge in [-0.3, -0.25) is 4.79 Å². The topological polar surface area (TPSA) is 90.1 Å². The van der Waals surface area contributed by atoms with Crippen LogP contribution in [0, 0.1) is 5.92 Å². The summed E-state index contributed by atoms with van der Waals surface area (Å²) in [7, 11) is 0. The zero-order valence-electron chi connectivity index (χ0n) is 14.5. The van der Waals surface area contributed by atoms with Crippen LogP contribution in [0.2, 0.25) is 0 Å². The number of amides is 3. The number of aliphatic hydroxyl groups is 1. The maximum absolute atomic E-state index is 12.7. The van der Waals surface area contributed by atoms with Gasteiger partial charge in [-0.05, 0) is 51.6 Å². The number of carbonyl (C=O) groups excluding carboxylic acids is 2. The molecule has 24 heavy (non-hydrogen) atoms. The summed E-state index contributed by atoms with van der Waals surface area (Å²) >= 11 is 0.